The highest BCUT2D eigenvalue weighted by atomic mass is 16.5. The molecule has 1 aliphatic heterocycles. The molecule has 1 atom stereocenters. The van der Waals surface area contributed by atoms with Crippen LogP contribution in [-0.2, 0) is 4.74 Å². The second kappa shape index (κ2) is 3.89. The summed E-state index contributed by atoms with van der Waals surface area (Å²) in [5.74, 6) is 0. The van der Waals surface area contributed by atoms with Gasteiger partial charge in [-0.25, -0.2) is 0 Å². The Hall–Kier alpha value is -0.0400. The largest absolute Gasteiger partial charge is 0.378 e. The number of hydrogen-bond donors (Lipinski definition) is 0. The average Bonchev–Trinajstić information content (AvgIpc) is 1.91. The zero-order chi connectivity index (χ0) is 6.53. The van der Waals surface area contributed by atoms with Crippen molar-refractivity contribution in [3.8, 4) is 0 Å². The molecule has 0 aromatic rings. The fourth-order valence-electron chi connectivity index (χ4n) is 1.21. The Balaban J connectivity index is 2.08. The fourth-order valence-corrected chi connectivity index (χ4v) is 1.21. The quantitative estimate of drug-likeness (QED) is 0.552. The molecule has 1 fully saturated rings. The molecule has 0 saturated carbocycles. The normalized spacial score (nSPS) is 28.3. The topological polar surface area (TPSA) is 9.23 Å². The maximum absolute atomic E-state index is 5.46. The maximum Gasteiger partial charge on any atom is 0.0606 e. The number of hydrogen-bond acceptors (Lipinski definition) is 1. The summed E-state index contributed by atoms with van der Waals surface area (Å²) in [5.41, 5.74) is 0. The van der Waals surface area contributed by atoms with Crippen molar-refractivity contribution in [3.63, 3.8) is 0 Å². The lowest BCUT2D eigenvalue weighted by Crippen LogP contribution is -2.18. The van der Waals surface area contributed by atoms with E-state index in [9.17, 15) is 0 Å². The van der Waals surface area contributed by atoms with Crippen LogP contribution in [0.4, 0.5) is 0 Å². The van der Waals surface area contributed by atoms with Gasteiger partial charge in [-0.15, -0.1) is 0 Å². The van der Waals surface area contributed by atoms with E-state index in [0.717, 1.165) is 13.0 Å². The minimum Gasteiger partial charge on any atom is -0.378 e. The van der Waals surface area contributed by atoms with Crippen molar-refractivity contribution in [1.82, 2.24) is 0 Å². The predicted octanol–water partition coefficient (Wildman–Crippen LogP) is 2.17. The van der Waals surface area contributed by atoms with Gasteiger partial charge in [0.15, 0.2) is 0 Å². The second-order valence-corrected chi connectivity index (χ2v) is 2.55. The fraction of sp³-hybridized carbons (Fsp3) is 0.875. The molecule has 1 heterocycles. The van der Waals surface area contributed by atoms with E-state index in [2.05, 4.69) is 13.3 Å². The Kier molecular flexibility index (Phi) is 3.05. The average molecular weight is 127 g/mol. The first-order valence-corrected chi connectivity index (χ1v) is 3.88. The summed E-state index contributed by atoms with van der Waals surface area (Å²) in [6.07, 6.45) is 7.73. The van der Waals surface area contributed by atoms with Gasteiger partial charge in [0, 0.05) is 6.61 Å². The highest BCUT2D eigenvalue weighted by Gasteiger charge is 2.11. The molecule has 1 heteroatoms. The van der Waals surface area contributed by atoms with Crippen LogP contribution in [0.15, 0.2) is 0 Å². The standard InChI is InChI=1S/C8H15O/c1-2-5-8-6-3-4-7-9-8/h5,8H,2-4,6-7H2,1H3. The highest BCUT2D eigenvalue weighted by molar-refractivity contribution is 4.77. The third kappa shape index (κ3) is 2.35. The summed E-state index contributed by atoms with van der Waals surface area (Å²) < 4.78 is 5.46. The zero-order valence-electron chi connectivity index (χ0n) is 6.10. The summed E-state index contributed by atoms with van der Waals surface area (Å²) in [7, 11) is 0. The molecule has 0 aliphatic carbocycles. The van der Waals surface area contributed by atoms with Crippen molar-refractivity contribution in [3.05, 3.63) is 6.42 Å². The predicted molar refractivity (Wildman–Crippen MR) is 38.2 cm³/mol. The molecular formula is C8H15O. The van der Waals surface area contributed by atoms with Gasteiger partial charge in [-0.1, -0.05) is 13.3 Å². The van der Waals surface area contributed by atoms with Gasteiger partial charge >= 0.3 is 0 Å². The van der Waals surface area contributed by atoms with Crippen molar-refractivity contribution in [2.45, 2.75) is 38.7 Å². The van der Waals surface area contributed by atoms with Gasteiger partial charge in [0.1, 0.15) is 0 Å². The number of rotatable bonds is 2. The maximum atomic E-state index is 5.46. The monoisotopic (exact) mass is 127 g/mol. The van der Waals surface area contributed by atoms with E-state index in [1.54, 1.807) is 0 Å². The van der Waals surface area contributed by atoms with Gasteiger partial charge in [0.25, 0.3) is 0 Å². The lowest BCUT2D eigenvalue weighted by atomic mass is 10.1. The molecule has 1 rings (SSSR count). The van der Waals surface area contributed by atoms with E-state index in [1.807, 2.05) is 0 Å². The Morgan fingerprint density at radius 1 is 1.56 bits per heavy atom. The first-order chi connectivity index (χ1) is 4.43. The SMILES string of the molecule is CC[CH]C1CCCCO1. The highest BCUT2D eigenvalue weighted by Crippen LogP contribution is 2.15. The van der Waals surface area contributed by atoms with Crippen molar-refractivity contribution < 1.29 is 4.74 Å². The molecule has 1 aliphatic rings. The molecule has 0 N–H and O–H groups in total. The lowest BCUT2D eigenvalue weighted by Gasteiger charge is -2.21. The first-order valence-electron chi connectivity index (χ1n) is 3.88. The zero-order valence-corrected chi connectivity index (χ0v) is 6.10. The molecule has 0 aromatic heterocycles. The van der Waals surface area contributed by atoms with Gasteiger partial charge < -0.3 is 4.74 Å². The van der Waals surface area contributed by atoms with Crippen LogP contribution in [0.3, 0.4) is 0 Å². The summed E-state index contributed by atoms with van der Waals surface area (Å²) in [6.45, 7) is 3.14. The van der Waals surface area contributed by atoms with Gasteiger partial charge in [0.2, 0.25) is 0 Å². The van der Waals surface area contributed by atoms with Gasteiger partial charge in [-0.3, -0.25) is 0 Å². The molecule has 0 bridgehead atoms. The summed E-state index contributed by atoms with van der Waals surface area (Å²) in [5, 5.41) is 0. The van der Waals surface area contributed by atoms with Crippen molar-refractivity contribution in [2.75, 3.05) is 6.61 Å². The van der Waals surface area contributed by atoms with Crippen LogP contribution >= 0.6 is 0 Å². The van der Waals surface area contributed by atoms with E-state index in [4.69, 9.17) is 4.74 Å². The molecule has 1 unspecified atom stereocenters. The molecule has 0 amide bonds. The molecular weight excluding hydrogens is 112 g/mol. The Bertz CT molecular complexity index is 62.2. The van der Waals surface area contributed by atoms with Crippen LogP contribution in [0, 0.1) is 6.42 Å². The van der Waals surface area contributed by atoms with Crippen LogP contribution < -0.4 is 0 Å². The van der Waals surface area contributed by atoms with Crippen LogP contribution in [-0.4, -0.2) is 12.7 Å². The molecule has 9 heavy (non-hydrogen) atoms. The van der Waals surface area contributed by atoms with E-state index >= 15 is 0 Å². The molecule has 0 spiro atoms. The Morgan fingerprint density at radius 2 is 2.44 bits per heavy atom. The summed E-state index contributed by atoms with van der Waals surface area (Å²) in [4.78, 5) is 0. The molecule has 1 radical (unpaired) electrons. The minimum atomic E-state index is 0.476. The van der Waals surface area contributed by atoms with Crippen LogP contribution in [0.25, 0.3) is 0 Å². The minimum absolute atomic E-state index is 0.476. The first kappa shape index (κ1) is 7.07. The van der Waals surface area contributed by atoms with Crippen molar-refractivity contribution in [1.29, 1.82) is 0 Å². The Labute approximate surface area is 57.4 Å². The lowest BCUT2D eigenvalue weighted by molar-refractivity contribution is 0.0352. The van der Waals surface area contributed by atoms with Crippen molar-refractivity contribution in [2.24, 2.45) is 0 Å². The van der Waals surface area contributed by atoms with Gasteiger partial charge in [-0.05, 0) is 25.7 Å². The third-order valence-corrected chi connectivity index (χ3v) is 1.71. The van der Waals surface area contributed by atoms with Gasteiger partial charge in [0.05, 0.1) is 6.10 Å². The van der Waals surface area contributed by atoms with Crippen LogP contribution in [0.5, 0.6) is 0 Å². The molecule has 1 saturated heterocycles. The third-order valence-electron chi connectivity index (χ3n) is 1.71. The van der Waals surface area contributed by atoms with E-state index < -0.39 is 0 Å². The van der Waals surface area contributed by atoms with E-state index in [-0.39, 0.29) is 0 Å². The molecule has 0 aromatic carbocycles. The van der Waals surface area contributed by atoms with Crippen molar-refractivity contribution >= 4 is 0 Å². The van der Waals surface area contributed by atoms with E-state index in [1.165, 1.54) is 19.3 Å². The van der Waals surface area contributed by atoms with E-state index in [0.29, 0.717) is 6.10 Å². The van der Waals surface area contributed by atoms with Gasteiger partial charge in [-0.2, -0.15) is 0 Å². The number of ether oxygens (including phenoxy) is 1. The molecule has 1 nitrogen and oxygen atoms in total. The summed E-state index contributed by atoms with van der Waals surface area (Å²) in [6, 6.07) is 0. The summed E-state index contributed by atoms with van der Waals surface area (Å²) >= 11 is 0. The van der Waals surface area contributed by atoms with Crippen LogP contribution in [0.2, 0.25) is 0 Å². The second-order valence-electron chi connectivity index (χ2n) is 2.55. The smallest absolute Gasteiger partial charge is 0.0606 e. The Morgan fingerprint density at radius 3 is 3.00 bits per heavy atom. The molecule has 53 valence electrons. The van der Waals surface area contributed by atoms with Crippen LogP contribution in [0.1, 0.15) is 32.6 Å².